The summed E-state index contributed by atoms with van der Waals surface area (Å²) in [6, 6.07) is 14.5. The van der Waals surface area contributed by atoms with Crippen LogP contribution in [0.1, 0.15) is 34.0 Å². The van der Waals surface area contributed by atoms with Crippen molar-refractivity contribution in [2.24, 2.45) is 0 Å². The third kappa shape index (κ3) is 4.78. The van der Waals surface area contributed by atoms with Crippen LogP contribution in [0.4, 0.5) is 11.4 Å². The van der Waals surface area contributed by atoms with Gasteiger partial charge in [-0.05, 0) is 55.8 Å². The zero-order chi connectivity index (χ0) is 23.5. The van der Waals surface area contributed by atoms with Gasteiger partial charge in [-0.3, -0.25) is 4.79 Å². The van der Waals surface area contributed by atoms with Crippen molar-refractivity contribution in [3.05, 3.63) is 59.2 Å². The number of methoxy groups -OCH3 is 1. The van der Waals surface area contributed by atoms with Crippen molar-refractivity contribution in [1.29, 1.82) is 0 Å². The van der Waals surface area contributed by atoms with Crippen LogP contribution in [0.25, 0.3) is 0 Å². The first-order valence-corrected chi connectivity index (χ1v) is 12.5. The highest BCUT2D eigenvalue weighted by molar-refractivity contribution is 5.94. The molecule has 1 N–H and O–H groups in total. The van der Waals surface area contributed by atoms with E-state index in [-0.39, 0.29) is 18.1 Å². The molecule has 7 nitrogen and oxygen atoms in total. The Morgan fingerprint density at radius 3 is 2.41 bits per heavy atom. The molecule has 0 spiro atoms. The standard InChI is InChI=1S/C27H36N4O3/c1-29-12-14-31(15-13-29)24-5-3-4-20-8-11-23(26(33-2)25(20)24)28-27(32)21-6-9-22(10-7-21)30-16-18-34-19-17-30/h3-7,9-10,23,26H,8,11-19H2,1-2H3,(H,28,32). The van der Waals surface area contributed by atoms with Crippen LogP contribution in [0, 0.1) is 0 Å². The van der Waals surface area contributed by atoms with Gasteiger partial charge in [0.25, 0.3) is 5.91 Å². The highest BCUT2D eigenvalue weighted by Gasteiger charge is 2.34. The Balaban J connectivity index is 1.31. The molecule has 2 heterocycles. The van der Waals surface area contributed by atoms with Gasteiger partial charge in [0.2, 0.25) is 0 Å². The zero-order valence-corrected chi connectivity index (χ0v) is 20.3. The quantitative estimate of drug-likeness (QED) is 0.735. The van der Waals surface area contributed by atoms with Crippen LogP contribution < -0.4 is 15.1 Å². The van der Waals surface area contributed by atoms with Gasteiger partial charge < -0.3 is 29.5 Å². The number of carbonyl (C=O) groups excluding carboxylic acids is 1. The molecule has 3 aliphatic rings. The normalized spacial score (nSPS) is 23.5. The smallest absolute Gasteiger partial charge is 0.251 e. The third-order valence-electron chi connectivity index (χ3n) is 7.47. The van der Waals surface area contributed by atoms with Gasteiger partial charge in [0, 0.05) is 68.9 Å². The van der Waals surface area contributed by atoms with Crippen molar-refractivity contribution < 1.29 is 14.3 Å². The fraction of sp³-hybridized carbons (Fsp3) is 0.519. The molecule has 5 rings (SSSR count). The van der Waals surface area contributed by atoms with Gasteiger partial charge in [0.1, 0.15) is 6.10 Å². The SMILES string of the molecule is COC1c2c(cccc2N2CCN(C)CC2)CCC1NC(=O)c1ccc(N2CCOCC2)cc1. The zero-order valence-electron chi connectivity index (χ0n) is 20.3. The second-order valence-corrected chi connectivity index (χ2v) is 9.56. The van der Waals surface area contributed by atoms with Gasteiger partial charge in [0.05, 0.1) is 19.3 Å². The van der Waals surface area contributed by atoms with Crippen molar-refractivity contribution in [1.82, 2.24) is 10.2 Å². The largest absolute Gasteiger partial charge is 0.378 e. The number of aryl methyl sites for hydroxylation is 1. The van der Waals surface area contributed by atoms with E-state index in [4.69, 9.17) is 9.47 Å². The maximum atomic E-state index is 13.2. The third-order valence-corrected chi connectivity index (χ3v) is 7.47. The van der Waals surface area contributed by atoms with Gasteiger partial charge in [0.15, 0.2) is 0 Å². The summed E-state index contributed by atoms with van der Waals surface area (Å²) in [7, 11) is 3.94. The summed E-state index contributed by atoms with van der Waals surface area (Å²) in [4.78, 5) is 20.3. The lowest BCUT2D eigenvalue weighted by atomic mass is 9.84. The number of hydrogen-bond acceptors (Lipinski definition) is 6. The minimum absolute atomic E-state index is 0.0406. The highest BCUT2D eigenvalue weighted by Crippen LogP contribution is 2.39. The number of fused-ring (bicyclic) bond motifs is 1. The number of anilines is 2. The molecule has 2 unspecified atom stereocenters. The minimum Gasteiger partial charge on any atom is -0.378 e. The van der Waals surface area contributed by atoms with Crippen LogP contribution >= 0.6 is 0 Å². The Morgan fingerprint density at radius 1 is 0.971 bits per heavy atom. The van der Waals surface area contributed by atoms with E-state index in [0.29, 0.717) is 5.56 Å². The highest BCUT2D eigenvalue weighted by atomic mass is 16.5. The summed E-state index contributed by atoms with van der Waals surface area (Å²) in [5.74, 6) is -0.0406. The topological polar surface area (TPSA) is 57.3 Å². The number of piperazine rings is 1. The number of morpholine rings is 1. The fourth-order valence-electron chi connectivity index (χ4n) is 5.46. The van der Waals surface area contributed by atoms with Gasteiger partial charge >= 0.3 is 0 Å². The van der Waals surface area contributed by atoms with Gasteiger partial charge in [-0.2, -0.15) is 0 Å². The molecule has 2 aromatic rings. The number of rotatable bonds is 5. The number of benzene rings is 2. The lowest BCUT2D eigenvalue weighted by Crippen LogP contribution is -2.46. The molecular formula is C27H36N4O3. The summed E-state index contributed by atoms with van der Waals surface area (Å²) in [5.41, 5.74) is 5.66. The maximum absolute atomic E-state index is 13.2. The molecule has 1 aliphatic carbocycles. The minimum atomic E-state index is -0.156. The number of nitrogens with zero attached hydrogens (tertiary/aromatic N) is 3. The second-order valence-electron chi connectivity index (χ2n) is 9.56. The Labute approximate surface area is 202 Å². The van der Waals surface area contributed by atoms with Crippen LogP contribution in [0.15, 0.2) is 42.5 Å². The molecule has 7 heteroatoms. The van der Waals surface area contributed by atoms with Crippen molar-refractivity contribution in [3.63, 3.8) is 0 Å². The van der Waals surface area contributed by atoms with Gasteiger partial charge in [-0.1, -0.05) is 12.1 Å². The molecule has 1 amide bonds. The van der Waals surface area contributed by atoms with Crippen LogP contribution in [-0.2, 0) is 15.9 Å². The molecule has 0 saturated carbocycles. The summed E-state index contributed by atoms with van der Waals surface area (Å²) >= 11 is 0. The Kier molecular flexibility index (Phi) is 7.04. The Morgan fingerprint density at radius 2 is 1.71 bits per heavy atom. The molecule has 2 fully saturated rings. The first-order chi connectivity index (χ1) is 16.6. The first kappa shape index (κ1) is 23.1. The van der Waals surface area contributed by atoms with Crippen molar-refractivity contribution in [2.75, 3.05) is 76.4 Å². The van der Waals surface area contributed by atoms with E-state index in [2.05, 4.69) is 45.3 Å². The number of nitrogens with one attached hydrogen (secondary N) is 1. The van der Waals surface area contributed by atoms with E-state index in [9.17, 15) is 4.79 Å². The van der Waals surface area contributed by atoms with E-state index < -0.39 is 0 Å². The predicted octanol–water partition coefficient (Wildman–Crippen LogP) is 2.71. The molecular weight excluding hydrogens is 428 g/mol. The number of carbonyl (C=O) groups is 1. The van der Waals surface area contributed by atoms with Crippen molar-refractivity contribution in [3.8, 4) is 0 Å². The van der Waals surface area contributed by atoms with Crippen LogP contribution in [0.3, 0.4) is 0 Å². The van der Waals surface area contributed by atoms with Crippen LogP contribution in [-0.4, -0.2) is 83.5 Å². The lowest BCUT2D eigenvalue weighted by molar-refractivity contribution is 0.0531. The monoisotopic (exact) mass is 464 g/mol. The average molecular weight is 465 g/mol. The molecule has 2 aromatic carbocycles. The van der Waals surface area contributed by atoms with Crippen molar-refractivity contribution >= 4 is 17.3 Å². The first-order valence-electron chi connectivity index (χ1n) is 12.5. The average Bonchev–Trinajstić information content (AvgIpc) is 2.89. The van der Waals surface area contributed by atoms with E-state index in [1.54, 1.807) is 7.11 Å². The molecule has 2 aliphatic heterocycles. The lowest BCUT2D eigenvalue weighted by Gasteiger charge is -2.40. The molecule has 0 bridgehead atoms. The summed E-state index contributed by atoms with van der Waals surface area (Å²) in [5, 5.41) is 3.29. The van der Waals surface area contributed by atoms with Gasteiger partial charge in [-0.25, -0.2) is 0 Å². The number of hydrogen-bond donors (Lipinski definition) is 1. The second kappa shape index (κ2) is 10.3. The van der Waals surface area contributed by atoms with E-state index in [1.807, 2.05) is 24.3 Å². The maximum Gasteiger partial charge on any atom is 0.251 e. The van der Waals surface area contributed by atoms with E-state index in [0.717, 1.165) is 71.0 Å². The Hall–Kier alpha value is -2.61. The van der Waals surface area contributed by atoms with Crippen LogP contribution in [0.5, 0.6) is 0 Å². The van der Waals surface area contributed by atoms with Crippen LogP contribution in [0.2, 0.25) is 0 Å². The van der Waals surface area contributed by atoms with E-state index >= 15 is 0 Å². The Bertz CT molecular complexity index is 982. The summed E-state index contributed by atoms with van der Waals surface area (Å²) in [6.07, 6.45) is 1.66. The molecule has 0 radical (unpaired) electrons. The fourth-order valence-corrected chi connectivity index (χ4v) is 5.46. The summed E-state index contributed by atoms with van der Waals surface area (Å²) in [6.45, 7) is 7.41. The van der Waals surface area contributed by atoms with Gasteiger partial charge in [-0.15, -0.1) is 0 Å². The molecule has 34 heavy (non-hydrogen) atoms. The number of ether oxygens (including phenoxy) is 2. The van der Waals surface area contributed by atoms with Crippen molar-refractivity contribution in [2.45, 2.75) is 25.0 Å². The molecule has 182 valence electrons. The number of amides is 1. The summed E-state index contributed by atoms with van der Waals surface area (Å²) < 4.78 is 11.5. The number of likely N-dealkylation sites (N-methyl/N-ethyl adjacent to an activating group) is 1. The molecule has 0 aromatic heterocycles. The van der Waals surface area contributed by atoms with E-state index in [1.165, 1.54) is 16.8 Å². The predicted molar refractivity (Wildman–Crippen MR) is 135 cm³/mol. The molecule has 2 saturated heterocycles. The molecule has 2 atom stereocenters.